The van der Waals surface area contributed by atoms with Gasteiger partial charge in [0.25, 0.3) is 0 Å². The molecule has 2 amide bonds. The molecule has 1 unspecified atom stereocenters. The van der Waals surface area contributed by atoms with Gasteiger partial charge in [-0.2, -0.15) is 4.31 Å². The summed E-state index contributed by atoms with van der Waals surface area (Å²) in [4.78, 5) is 29.5. The summed E-state index contributed by atoms with van der Waals surface area (Å²) < 4.78 is 32.1. The molecule has 0 radical (unpaired) electrons. The van der Waals surface area contributed by atoms with Crippen LogP contribution in [0.5, 0.6) is 5.75 Å². The Morgan fingerprint density at radius 2 is 1.40 bits per heavy atom. The zero-order chi connectivity index (χ0) is 30.8. The zero-order valence-corrected chi connectivity index (χ0v) is 25.6. The van der Waals surface area contributed by atoms with Crippen LogP contribution in [0.1, 0.15) is 28.3 Å². The third-order valence-corrected chi connectivity index (χ3v) is 8.47. The van der Waals surface area contributed by atoms with E-state index in [-0.39, 0.29) is 19.6 Å². The number of hydrogen-bond donors (Lipinski definition) is 1. The number of carbonyl (C=O) groups is 2. The van der Waals surface area contributed by atoms with Gasteiger partial charge >= 0.3 is 0 Å². The van der Waals surface area contributed by atoms with E-state index in [1.54, 1.807) is 79.9 Å². The van der Waals surface area contributed by atoms with Crippen LogP contribution in [0.2, 0.25) is 5.02 Å². The molecule has 1 atom stereocenters. The van der Waals surface area contributed by atoms with E-state index in [9.17, 15) is 18.0 Å². The summed E-state index contributed by atoms with van der Waals surface area (Å²) >= 11 is 6.33. The molecule has 8 nitrogen and oxygen atoms in total. The normalized spacial score (nSPS) is 12.0. The molecule has 1 N–H and O–H groups in total. The molecular weight excluding hydrogens is 586 g/mol. The fraction of sp³-hybridized carbons (Fsp3) is 0.212. The molecule has 0 heterocycles. The van der Waals surface area contributed by atoms with E-state index >= 15 is 0 Å². The topological polar surface area (TPSA) is 96.0 Å². The summed E-state index contributed by atoms with van der Waals surface area (Å²) in [5.74, 6) is -0.314. The number of benzene rings is 4. The van der Waals surface area contributed by atoms with E-state index in [0.717, 1.165) is 27.3 Å². The molecule has 0 spiro atoms. The minimum Gasteiger partial charge on any atom is -0.497 e. The van der Waals surface area contributed by atoms with Crippen LogP contribution in [-0.2, 0) is 39.2 Å². The Kier molecular flexibility index (Phi) is 10.9. The van der Waals surface area contributed by atoms with Crippen LogP contribution in [0, 0.1) is 0 Å². The van der Waals surface area contributed by atoms with Crippen LogP contribution < -0.4 is 10.1 Å². The minimum atomic E-state index is -3.78. The maximum absolute atomic E-state index is 14.2. The summed E-state index contributed by atoms with van der Waals surface area (Å²) in [5.41, 5.74) is 2.78. The van der Waals surface area contributed by atoms with Gasteiger partial charge in [-0.05, 0) is 40.5 Å². The Balaban J connectivity index is 1.71. The number of halogens is 1. The Hall–Kier alpha value is -4.18. The molecule has 0 aliphatic carbocycles. The van der Waals surface area contributed by atoms with Gasteiger partial charge in [0.1, 0.15) is 11.8 Å². The lowest BCUT2D eigenvalue weighted by Crippen LogP contribution is -2.47. The van der Waals surface area contributed by atoms with Gasteiger partial charge in [-0.15, -0.1) is 0 Å². The molecule has 43 heavy (non-hydrogen) atoms. The summed E-state index contributed by atoms with van der Waals surface area (Å²) in [5, 5.41) is 3.44. The molecule has 0 fully saturated rings. The number of hydrogen-bond acceptors (Lipinski definition) is 5. The molecule has 0 aliphatic rings. The van der Waals surface area contributed by atoms with Gasteiger partial charge in [0, 0.05) is 24.7 Å². The van der Waals surface area contributed by atoms with Gasteiger partial charge in [0.05, 0.1) is 19.9 Å². The fourth-order valence-electron chi connectivity index (χ4n) is 4.60. The monoisotopic (exact) mass is 619 g/mol. The Morgan fingerprint density at radius 1 is 0.814 bits per heavy atom. The largest absolute Gasteiger partial charge is 0.497 e. The number of nitrogens with one attached hydrogen (secondary N) is 1. The smallest absolute Gasteiger partial charge is 0.247 e. The second-order valence-electron chi connectivity index (χ2n) is 10.0. The first-order valence-corrected chi connectivity index (χ1v) is 15.9. The van der Waals surface area contributed by atoms with E-state index in [4.69, 9.17) is 16.3 Å². The van der Waals surface area contributed by atoms with Crippen molar-refractivity contribution in [3.8, 4) is 5.75 Å². The maximum Gasteiger partial charge on any atom is 0.247 e. The highest BCUT2D eigenvalue weighted by Gasteiger charge is 2.33. The number of methoxy groups -OCH3 is 1. The van der Waals surface area contributed by atoms with Crippen molar-refractivity contribution in [1.29, 1.82) is 0 Å². The van der Waals surface area contributed by atoms with E-state index < -0.39 is 34.4 Å². The van der Waals surface area contributed by atoms with Crippen LogP contribution in [-0.4, -0.2) is 49.3 Å². The third-order valence-electron chi connectivity index (χ3n) is 6.90. The van der Waals surface area contributed by atoms with Crippen molar-refractivity contribution in [3.63, 3.8) is 0 Å². The van der Waals surface area contributed by atoms with Gasteiger partial charge in [0.2, 0.25) is 21.8 Å². The first-order valence-electron chi connectivity index (χ1n) is 13.6. The lowest BCUT2D eigenvalue weighted by Gasteiger charge is -2.33. The highest BCUT2D eigenvalue weighted by Crippen LogP contribution is 2.26. The molecule has 4 rings (SSSR count). The van der Waals surface area contributed by atoms with Crippen LogP contribution in [0.4, 0.5) is 0 Å². The molecular formula is C33H34ClN3O5S. The van der Waals surface area contributed by atoms with Gasteiger partial charge in [-0.1, -0.05) is 103 Å². The summed E-state index contributed by atoms with van der Waals surface area (Å²) in [6, 6.07) is 31.3. The van der Waals surface area contributed by atoms with E-state index in [1.807, 2.05) is 36.4 Å². The highest BCUT2D eigenvalue weighted by atomic mass is 35.5. The first-order chi connectivity index (χ1) is 20.7. The highest BCUT2D eigenvalue weighted by molar-refractivity contribution is 7.88. The van der Waals surface area contributed by atoms with Crippen LogP contribution in [0.3, 0.4) is 0 Å². The molecule has 0 bridgehead atoms. The maximum atomic E-state index is 14.2. The van der Waals surface area contributed by atoms with Crippen molar-refractivity contribution in [3.05, 3.63) is 136 Å². The molecule has 0 saturated heterocycles. The summed E-state index contributed by atoms with van der Waals surface area (Å²) in [6.07, 6.45) is 1.07. The van der Waals surface area contributed by atoms with Gasteiger partial charge < -0.3 is 15.0 Å². The van der Waals surface area contributed by atoms with Crippen molar-refractivity contribution >= 4 is 33.4 Å². The standard InChI is InChI=1S/C33H34ClN3O5S/c1-42-29-19-17-26(18-20-29)23-37(31(38)24-36(43(2,40)41)22-25-11-5-3-6-12-25)32(27-13-7-4-8-14-27)33(39)35-21-28-15-9-10-16-30(28)34/h3-20,32H,21-24H2,1-2H3,(H,35,39). The van der Waals surface area contributed by atoms with Crippen LogP contribution in [0.25, 0.3) is 0 Å². The van der Waals surface area contributed by atoms with Crippen LogP contribution in [0.15, 0.2) is 109 Å². The number of carbonyl (C=O) groups excluding carboxylic acids is 2. The molecule has 10 heteroatoms. The van der Waals surface area contributed by atoms with Crippen molar-refractivity contribution < 1.29 is 22.7 Å². The van der Waals surface area contributed by atoms with Crippen molar-refractivity contribution in [2.75, 3.05) is 19.9 Å². The van der Waals surface area contributed by atoms with Crippen molar-refractivity contribution in [2.45, 2.75) is 25.7 Å². The zero-order valence-electron chi connectivity index (χ0n) is 24.0. The predicted molar refractivity (Wildman–Crippen MR) is 168 cm³/mol. The van der Waals surface area contributed by atoms with Crippen molar-refractivity contribution in [2.24, 2.45) is 0 Å². The number of rotatable bonds is 13. The molecule has 4 aromatic rings. The summed E-state index contributed by atoms with van der Waals surface area (Å²) in [7, 11) is -2.22. The lowest BCUT2D eigenvalue weighted by atomic mass is 10.0. The minimum absolute atomic E-state index is 0.0104. The lowest BCUT2D eigenvalue weighted by molar-refractivity contribution is -0.141. The van der Waals surface area contributed by atoms with Gasteiger partial charge in [0.15, 0.2) is 0 Å². The predicted octanol–water partition coefficient (Wildman–Crippen LogP) is 5.20. The SMILES string of the molecule is COc1ccc(CN(C(=O)CN(Cc2ccccc2)S(C)(=O)=O)C(C(=O)NCc2ccccc2Cl)c2ccccc2)cc1. The average Bonchev–Trinajstić information content (AvgIpc) is 3.01. The number of sulfonamides is 1. The van der Waals surface area contributed by atoms with Gasteiger partial charge in [-0.3, -0.25) is 9.59 Å². The Morgan fingerprint density at radius 3 is 2.00 bits per heavy atom. The second-order valence-corrected chi connectivity index (χ2v) is 12.4. The van der Waals surface area contributed by atoms with E-state index in [0.29, 0.717) is 16.3 Å². The quantitative estimate of drug-likeness (QED) is 0.222. The molecule has 224 valence electrons. The molecule has 4 aromatic carbocycles. The van der Waals surface area contributed by atoms with Crippen molar-refractivity contribution in [1.82, 2.24) is 14.5 Å². The number of amides is 2. The van der Waals surface area contributed by atoms with Gasteiger partial charge in [-0.25, -0.2) is 8.42 Å². The molecule has 0 aliphatic heterocycles. The number of nitrogens with zero attached hydrogens (tertiary/aromatic N) is 2. The number of ether oxygens (including phenoxy) is 1. The third kappa shape index (κ3) is 8.90. The summed E-state index contributed by atoms with van der Waals surface area (Å²) in [6.45, 7) is -0.248. The van der Waals surface area contributed by atoms with E-state index in [1.165, 1.54) is 4.90 Å². The average molecular weight is 620 g/mol. The second kappa shape index (κ2) is 14.8. The fourth-order valence-corrected chi connectivity index (χ4v) is 5.53. The molecule has 0 saturated carbocycles. The molecule has 0 aromatic heterocycles. The Labute approximate surface area is 257 Å². The Bertz CT molecular complexity index is 1620. The van der Waals surface area contributed by atoms with E-state index in [2.05, 4.69) is 5.32 Å². The first kappa shape index (κ1) is 31.7. The van der Waals surface area contributed by atoms with Crippen LogP contribution >= 0.6 is 11.6 Å².